The van der Waals surface area contributed by atoms with Gasteiger partial charge in [-0.25, -0.2) is 4.79 Å². The molecule has 1 aliphatic heterocycles. The number of benzene rings is 1. The van der Waals surface area contributed by atoms with E-state index in [4.69, 9.17) is 4.74 Å². The predicted molar refractivity (Wildman–Crippen MR) is 93.7 cm³/mol. The van der Waals surface area contributed by atoms with Crippen LogP contribution in [0.4, 0.5) is 4.79 Å². The molecular weight excluding hydrogens is 288 g/mol. The van der Waals surface area contributed by atoms with Gasteiger partial charge in [0, 0.05) is 25.2 Å². The van der Waals surface area contributed by atoms with E-state index in [-0.39, 0.29) is 12.1 Å². The highest BCUT2D eigenvalue weighted by molar-refractivity contribution is 5.68. The lowest BCUT2D eigenvalue weighted by molar-refractivity contribution is 0.0290. The molecule has 1 N–H and O–H groups in total. The Kier molecular flexibility index (Phi) is 5.35. The van der Waals surface area contributed by atoms with Gasteiger partial charge in [-0.15, -0.1) is 0 Å². The number of aryl methyl sites for hydroxylation is 2. The monoisotopic (exact) mass is 318 g/mol. The Labute approximate surface area is 140 Å². The number of ether oxygens (including phenoxy) is 1. The maximum atomic E-state index is 12.1. The summed E-state index contributed by atoms with van der Waals surface area (Å²) in [7, 11) is 0. The summed E-state index contributed by atoms with van der Waals surface area (Å²) in [6.45, 7) is 13.6. The van der Waals surface area contributed by atoms with E-state index in [1.807, 2.05) is 20.8 Å². The van der Waals surface area contributed by atoms with E-state index in [2.05, 4.69) is 44.3 Å². The molecular formula is C19H30N2O2. The molecule has 1 saturated heterocycles. The van der Waals surface area contributed by atoms with Gasteiger partial charge in [-0.1, -0.05) is 23.8 Å². The number of likely N-dealkylation sites (tertiary alicyclic amines) is 1. The van der Waals surface area contributed by atoms with Crippen molar-refractivity contribution >= 4 is 6.09 Å². The van der Waals surface area contributed by atoms with Gasteiger partial charge in [0.15, 0.2) is 0 Å². The zero-order valence-electron chi connectivity index (χ0n) is 15.3. The van der Waals surface area contributed by atoms with Crippen molar-refractivity contribution in [2.75, 3.05) is 13.1 Å². The quantitative estimate of drug-likeness (QED) is 0.917. The Balaban J connectivity index is 1.91. The zero-order chi connectivity index (χ0) is 17.2. The van der Waals surface area contributed by atoms with Crippen molar-refractivity contribution in [3.05, 3.63) is 34.9 Å². The number of carbonyl (C=O) groups is 1. The summed E-state index contributed by atoms with van der Waals surface area (Å²) in [5.74, 6) is 0. The number of rotatable bonds is 3. The summed E-state index contributed by atoms with van der Waals surface area (Å²) in [5, 5.41) is 3.65. The topological polar surface area (TPSA) is 41.6 Å². The molecule has 0 bridgehead atoms. The lowest BCUT2D eigenvalue weighted by Gasteiger charge is -2.25. The van der Waals surface area contributed by atoms with Gasteiger partial charge in [-0.2, -0.15) is 0 Å². The largest absolute Gasteiger partial charge is 0.444 e. The first-order valence-electron chi connectivity index (χ1n) is 8.47. The fraction of sp³-hybridized carbons (Fsp3) is 0.632. The Morgan fingerprint density at radius 2 is 2.04 bits per heavy atom. The highest BCUT2D eigenvalue weighted by Gasteiger charge is 2.30. The predicted octanol–water partition coefficient (Wildman–Crippen LogP) is 3.96. The standard InChI is InChI=1S/C19H30N2O2/c1-13-7-8-17(14(2)11-13)15(3)20-16-9-10-21(12-16)18(22)23-19(4,5)6/h7-8,11,15-16,20H,9-10,12H2,1-6H3. The van der Waals surface area contributed by atoms with Crippen LogP contribution in [0.15, 0.2) is 18.2 Å². The number of hydrogen-bond acceptors (Lipinski definition) is 3. The molecule has 1 fully saturated rings. The second-order valence-electron chi connectivity index (χ2n) is 7.66. The first-order valence-corrected chi connectivity index (χ1v) is 8.47. The van der Waals surface area contributed by atoms with E-state index in [9.17, 15) is 4.79 Å². The van der Waals surface area contributed by atoms with E-state index in [1.54, 1.807) is 4.90 Å². The number of nitrogens with one attached hydrogen (secondary N) is 1. The normalized spacial score (nSPS) is 19.7. The van der Waals surface area contributed by atoms with Crippen LogP contribution < -0.4 is 5.32 Å². The lowest BCUT2D eigenvalue weighted by atomic mass is 9.99. The maximum Gasteiger partial charge on any atom is 0.410 e. The average Bonchev–Trinajstić information content (AvgIpc) is 2.85. The fourth-order valence-corrected chi connectivity index (χ4v) is 3.14. The second kappa shape index (κ2) is 6.91. The summed E-state index contributed by atoms with van der Waals surface area (Å²) in [6.07, 6.45) is 0.759. The highest BCUT2D eigenvalue weighted by atomic mass is 16.6. The van der Waals surface area contributed by atoms with Crippen LogP contribution in [-0.4, -0.2) is 35.7 Å². The van der Waals surface area contributed by atoms with Gasteiger partial charge in [0.2, 0.25) is 0 Å². The van der Waals surface area contributed by atoms with E-state index in [0.717, 1.165) is 13.0 Å². The second-order valence-corrected chi connectivity index (χ2v) is 7.66. The minimum Gasteiger partial charge on any atom is -0.444 e. The van der Waals surface area contributed by atoms with Crippen LogP contribution in [0.1, 0.15) is 56.8 Å². The zero-order valence-corrected chi connectivity index (χ0v) is 15.3. The van der Waals surface area contributed by atoms with Crippen molar-refractivity contribution < 1.29 is 9.53 Å². The third-order valence-electron chi connectivity index (χ3n) is 4.22. The van der Waals surface area contributed by atoms with E-state index in [0.29, 0.717) is 12.6 Å². The van der Waals surface area contributed by atoms with E-state index < -0.39 is 5.60 Å². The summed E-state index contributed by atoms with van der Waals surface area (Å²) in [4.78, 5) is 13.9. The van der Waals surface area contributed by atoms with E-state index >= 15 is 0 Å². The van der Waals surface area contributed by atoms with Gasteiger partial charge < -0.3 is 15.0 Å². The van der Waals surface area contributed by atoms with Gasteiger partial charge in [0.05, 0.1) is 0 Å². The SMILES string of the molecule is Cc1ccc(C(C)NC2CCN(C(=O)OC(C)(C)C)C2)c(C)c1. The van der Waals surface area contributed by atoms with Crippen molar-refractivity contribution in [3.63, 3.8) is 0 Å². The van der Waals surface area contributed by atoms with Crippen LogP contribution in [0.3, 0.4) is 0 Å². The van der Waals surface area contributed by atoms with Gasteiger partial charge in [0.25, 0.3) is 0 Å². The molecule has 1 heterocycles. The molecule has 1 aromatic rings. The van der Waals surface area contributed by atoms with Gasteiger partial charge in [-0.05, 0) is 59.1 Å². The van der Waals surface area contributed by atoms with Crippen LogP contribution in [0.5, 0.6) is 0 Å². The third kappa shape index (κ3) is 4.96. The molecule has 2 unspecified atom stereocenters. The molecule has 0 spiro atoms. The molecule has 4 nitrogen and oxygen atoms in total. The van der Waals surface area contributed by atoms with Crippen LogP contribution in [0.2, 0.25) is 0 Å². The molecule has 128 valence electrons. The van der Waals surface area contributed by atoms with Crippen molar-refractivity contribution in [2.24, 2.45) is 0 Å². The number of carbonyl (C=O) groups excluding carboxylic acids is 1. The molecule has 1 aliphatic rings. The molecule has 2 atom stereocenters. The van der Waals surface area contributed by atoms with E-state index in [1.165, 1.54) is 16.7 Å². The minimum atomic E-state index is -0.436. The molecule has 1 amide bonds. The number of hydrogen-bond donors (Lipinski definition) is 1. The van der Waals surface area contributed by atoms with Crippen LogP contribution >= 0.6 is 0 Å². The van der Waals surface area contributed by atoms with Gasteiger partial charge >= 0.3 is 6.09 Å². The summed E-state index contributed by atoms with van der Waals surface area (Å²) < 4.78 is 5.45. The van der Waals surface area contributed by atoms with Crippen molar-refractivity contribution in [2.45, 2.75) is 65.6 Å². The Morgan fingerprint density at radius 1 is 1.35 bits per heavy atom. The molecule has 2 rings (SSSR count). The van der Waals surface area contributed by atoms with Gasteiger partial charge in [0.1, 0.15) is 5.60 Å². The average molecular weight is 318 g/mol. The summed E-state index contributed by atoms with van der Waals surface area (Å²) >= 11 is 0. The molecule has 0 saturated carbocycles. The Hall–Kier alpha value is -1.55. The molecule has 23 heavy (non-hydrogen) atoms. The third-order valence-corrected chi connectivity index (χ3v) is 4.22. The number of nitrogens with zero attached hydrogens (tertiary/aromatic N) is 1. The number of amides is 1. The summed E-state index contributed by atoms with van der Waals surface area (Å²) in [6, 6.07) is 7.16. The van der Waals surface area contributed by atoms with Crippen LogP contribution in [0.25, 0.3) is 0 Å². The smallest absolute Gasteiger partial charge is 0.410 e. The molecule has 1 aromatic carbocycles. The lowest BCUT2D eigenvalue weighted by Crippen LogP contribution is -2.39. The Morgan fingerprint density at radius 3 is 2.65 bits per heavy atom. The van der Waals surface area contributed by atoms with Crippen molar-refractivity contribution in [1.82, 2.24) is 10.2 Å². The van der Waals surface area contributed by atoms with Crippen LogP contribution in [0, 0.1) is 13.8 Å². The Bertz CT molecular complexity index is 563. The van der Waals surface area contributed by atoms with Crippen LogP contribution in [-0.2, 0) is 4.74 Å². The first-order chi connectivity index (χ1) is 10.7. The van der Waals surface area contributed by atoms with Crippen molar-refractivity contribution in [3.8, 4) is 0 Å². The molecule has 0 radical (unpaired) electrons. The molecule has 4 heteroatoms. The summed E-state index contributed by atoms with van der Waals surface area (Å²) in [5.41, 5.74) is 3.49. The minimum absolute atomic E-state index is 0.207. The maximum absolute atomic E-state index is 12.1. The first kappa shape index (κ1) is 17.8. The molecule has 0 aromatic heterocycles. The fourth-order valence-electron chi connectivity index (χ4n) is 3.14. The molecule has 0 aliphatic carbocycles. The highest BCUT2D eigenvalue weighted by Crippen LogP contribution is 2.22. The van der Waals surface area contributed by atoms with Crippen molar-refractivity contribution in [1.29, 1.82) is 0 Å². The van der Waals surface area contributed by atoms with Gasteiger partial charge in [-0.3, -0.25) is 0 Å².